The van der Waals surface area contributed by atoms with Gasteiger partial charge in [-0.05, 0) is 19.1 Å². The normalized spacial score (nSPS) is 14.2. The molecule has 0 radical (unpaired) electrons. The number of pyridine rings is 1. The van der Waals surface area contributed by atoms with Crippen molar-refractivity contribution in [1.82, 2.24) is 4.98 Å². The standard InChI is InChI=1S/C12H16ClNO2Si/c1-7(15)9-5-8-6-10(17(2,3)4)16-11(8)12(13)14-9/h5-7,15H,1-4H3. The average Bonchev–Trinajstić information content (AvgIpc) is 2.60. The monoisotopic (exact) mass is 269 g/mol. The zero-order chi connectivity index (χ0) is 12.8. The molecule has 0 aliphatic rings. The van der Waals surface area contributed by atoms with Crippen molar-refractivity contribution >= 4 is 36.0 Å². The Morgan fingerprint density at radius 1 is 1.35 bits per heavy atom. The third-order valence-corrected chi connectivity index (χ3v) is 4.63. The van der Waals surface area contributed by atoms with Gasteiger partial charge in [0.2, 0.25) is 0 Å². The SMILES string of the molecule is CC(O)c1cc2cc([Si](C)(C)C)oc2c(Cl)n1. The quantitative estimate of drug-likeness (QED) is 0.673. The number of aromatic nitrogens is 1. The summed E-state index contributed by atoms with van der Waals surface area (Å²) < 4.78 is 5.78. The molecule has 3 nitrogen and oxygen atoms in total. The van der Waals surface area contributed by atoms with E-state index < -0.39 is 14.2 Å². The Labute approximate surface area is 106 Å². The summed E-state index contributed by atoms with van der Waals surface area (Å²) in [5.41, 5.74) is 1.19. The van der Waals surface area contributed by atoms with E-state index in [1.807, 2.05) is 12.1 Å². The number of hydrogen-bond acceptors (Lipinski definition) is 3. The lowest BCUT2D eigenvalue weighted by molar-refractivity contribution is 0.194. The van der Waals surface area contributed by atoms with Gasteiger partial charge in [0.25, 0.3) is 0 Å². The van der Waals surface area contributed by atoms with Crippen molar-refractivity contribution in [1.29, 1.82) is 0 Å². The van der Waals surface area contributed by atoms with Crippen LogP contribution in [0.4, 0.5) is 0 Å². The number of furan rings is 1. The Bertz CT molecular complexity index is 557. The first kappa shape index (κ1) is 12.6. The molecular formula is C12H16ClNO2Si. The van der Waals surface area contributed by atoms with Crippen LogP contribution >= 0.6 is 11.6 Å². The second-order valence-electron chi connectivity index (χ2n) is 5.29. The molecule has 0 aliphatic carbocycles. The first-order valence-electron chi connectivity index (χ1n) is 5.57. The molecule has 2 heterocycles. The van der Waals surface area contributed by atoms with E-state index in [9.17, 15) is 5.11 Å². The molecule has 2 aromatic heterocycles. The van der Waals surface area contributed by atoms with Crippen LogP contribution in [-0.4, -0.2) is 18.2 Å². The van der Waals surface area contributed by atoms with Gasteiger partial charge in [0.1, 0.15) is 8.07 Å². The van der Waals surface area contributed by atoms with Gasteiger partial charge in [-0.25, -0.2) is 4.98 Å². The largest absolute Gasteiger partial charge is 0.463 e. The minimum absolute atomic E-state index is 0.322. The summed E-state index contributed by atoms with van der Waals surface area (Å²) in [4.78, 5) is 4.13. The van der Waals surface area contributed by atoms with Crippen LogP contribution in [0.25, 0.3) is 11.0 Å². The molecule has 0 aromatic carbocycles. The molecule has 0 saturated carbocycles. The fourth-order valence-corrected chi connectivity index (χ4v) is 2.85. The van der Waals surface area contributed by atoms with Crippen molar-refractivity contribution in [3.05, 3.63) is 23.0 Å². The van der Waals surface area contributed by atoms with E-state index in [2.05, 4.69) is 24.6 Å². The molecule has 2 aromatic rings. The molecule has 0 spiro atoms. The van der Waals surface area contributed by atoms with Crippen molar-refractivity contribution in [2.24, 2.45) is 0 Å². The van der Waals surface area contributed by atoms with E-state index in [0.717, 1.165) is 10.8 Å². The molecule has 0 amide bonds. The molecule has 0 saturated heterocycles. The molecule has 5 heteroatoms. The molecule has 17 heavy (non-hydrogen) atoms. The highest BCUT2D eigenvalue weighted by Crippen LogP contribution is 2.26. The Hall–Kier alpha value is -0.843. The number of fused-ring (bicyclic) bond motifs is 1. The number of nitrogens with zero attached hydrogens (tertiary/aromatic N) is 1. The molecule has 92 valence electrons. The van der Waals surface area contributed by atoms with Crippen molar-refractivity contribution in [2.75, 3.05) is 0 Å². The number of rotatable bonds is 2. The van der Waals surface area contributed by atoms with Crippen molar-refractivity contribution in [3.8, 4) is 0 Å². The summed E-state index contributed by atoms with van der Waals surface area (Å²) >= 11 is 6.07. The molecule has 0 fully saturated rings. The van der Waals surface area contributed by atoms with E-state index in [0.29, 0.717) is 16.4 Å². The highest BCUT2D eigenvalue weighted by molar-refractivity contribution is 6.87. The summed E-state index contributed by atoms with van der Waals surface area (Å²) in [6.07, 6.45) is -0.623. The second kappa shape index (κ2) is 4.12. The summed E-state index contributed by atoms with van der Waals surface area (Å²) in [5.74, 6) is 0. The number of halogens is 1. The van der Waals surface area contributed by atoms with Gasteiger partial charge in [-0.3, -0.25) is 0 Å². The first-order chi connectivity index (χ1) is 7.79. The van der Waals surface area contributed by atoms with Gasteiger partial charge in [-0.1, -0.05) is 31.2 Å². The minimum Gasteiger partial charge on any atom is -0.463 e. The van der Waals surface area contributed by atoms with Gasteiger partial charge in [0, 0.05) is 5.39 Å². The van der Waals surface area contributed by atoms with Crippen LogP contribution in [0.3, 0.4) is 0 Å². The fourth-order valence-electron chi connectivity index (χ4n) is 1.61. The highest BCUT2D eigenvalue weighted by Gasteiger charge is 2.23. The third-order valence-electron chi connectivity index (χ3n) is 2.65. The van der Waals surface area contributed by atoms with E-state index >= 15 is 0 Å². The molecule has 1 unspecified atom stereocenters. The lowest BCUT2D eigenvalue weighted by atomic mass is 10.2. The van der Waals surface area contributed by atoms with E-state index in [1.54, 1.807) is 6.92 Å². The van der Waals surface area contributed by atoms with Gasteiger partial charge >= 0.3 is 0 Å². The van der Waals surface area contributed by atoms with Gasteiger partial charge in [-0.2, -0.15) is 0 Å². The molecule has 2 rings (SSSR count). The van der Waals surface area contributed by atoms with E-state index in [1.165, 1.54) is 0 Å². The van der Waals surface area contributed by atoms with Crippen molar-refractivity contribution in [3.63, 3.8) is 0 Å². The van der Waals surface area contributed by atoms with Gasteiger partial charge < -0.3 is 9.52 Å². The maximum absolute atomic E-state index is 9.53. The first-order valence-corrected chi connectivity index (χ1v) is 9.45. The van der Waals surface area contributed by atoms with Crippen LogP contribution in [-0.2, 0) is 0 Å². The van der Waals surface area contributed by atoms with Crippen LogP contribution in [0.15, 0.2) is 16.5 Å². The Balaban J connectivity index is 2.65. The van der Waals surface area contributed by atoms with Gasteiger partial charge in [-0.15, -0.1) is 0 Å². The Morgan fingerprint density at radius 3 is 2.53 bits per heavy atom. The summed E-state index contributed by atoms with van der Waals surface area (Å²) in [5, 5.41) is 11.8. The molecule has 0 bridgehead atoms. The predicted molar refractivity (Wildman–Crippen MR) is 72.6 cm³/mol. The Kier molecular flexibility index (Phi) is 3.06. The summed E-state index contributed by atoms with van der Waals surface area (Å²) in [6.45, 7) is 8.30. The third kappa shape index (κ3) is 2.39. The fraction of sp³-hybridized carbons (Fsp3) is 0.417. The molecule has 1 atom stereocenters. The van der Waals surface area contributed by atoms with Gasteiger partial charge in [0.15, 0.2) is 10.7 Å². The number of hydrogen-bond donors (Lipinski definition) is 1. The smallest absolute Gasteiger partial charge is 0.172 e. The zero-order valence-corrected chi connectivity index (χ0v) is 12.2. The molecular weight excluding hydrogens is 254 g/mol. The van der Waals surface area contributed by atoms with E-state index in [-0.39, 0.29) is 0 Å². The predicted octanol–water partition coefficient (Wildman–Crippen LogP) is 3.08. The molecule has 1 N–H and O–H groups in total. The minimum atomic E-state index is -1.50. The van der Waals surface area contributed by atoms with Crippen LogP contribution in [0, 0.1) is 0 Å². The number of aliphatic hydroxyl groups excluding tert-OH is 1. The van der Waals surface area contributed by atoms with E-state index in [4.69, 9.17) is 16.0 Å². The average molecular weight is 270 g/mol. The highest BCUT2D eigenvalue weighted by atomic mass is 35.5. The lowest BCUT2D eigenvalue weighted by Gasteiger charge is -2.10. The van der Waals surface area contributed by atoms with Crippen molar-refractivity contribution < 1.29 is 9.52 Å². The Morgan fingerprint density at radius 2 is 2.00 bits per heavy atom. The second-order valence-corrected chi connectivity index (χ2v) is 10.6. The topological polar surface area (TPSA) is 46.3 Å². The summed E-state index contributed by atoms with van der Waals surface area (Å²) in [7, 11) is -1.50. The van der Waals surface area contributed by atoms with Crippen LogP contribution in [0.1, 0.15) is 18.7 Å². The maximum Gasteiger partial charge on any atom is 0.172 e. The maximum atomic E-state index is 9.53. The van der Waals surface area contributed by atoms with Crippen molar-refractivity contribution in [2.45, 2.75) is 32.7 Å². The lowest BCUT2D eigenvalue weighted by Crippen LogP contribution is -2.36. The van der Waals surface area contributed by atoms with Crippen LogP contribution < -0.4 is 5.38 Å². The zero-order valence-electron chi connectivity index (χ0n) is 10.4. The molecule has 0 aliphatic heterocycles. The summed E-state index contributed by atoms with van der Waals surface area (Å²) in [6, 6.07) is 3.85. The number of aliphatic hydroxyl groups is 1. The van der Waals surface area contributed by atoms with Gasteiger partial charge in [0.05, 0.1) is 17.2 Å². The van der Waals surface area contributed by atoms with Crippen LogP contribution in [0.5, 0.6) is 0 Å². The van der Waals surface area contributed by atoms with Crippen LogP contribution in [0.2, 0.25) is 24.8 Å².